The second kappa shape index (κ2) is 9.42. The fourth-order valence-corrected chi connectivity index (χ4v) is 1.39. The number of nitrogens with one attached hydrogen (secondary N) is 1. The predicted molar refractivity (Wildman–Crippen MR) is 70.8 cm³/mol. The Bertz CT molecular complexity index is 208. The highest BCUT2D eigenvalue weighted by molar-refractivity contribution is 5.81. The van der Waals surface area contributed by atoms with Crippen molar-refractivity contribution in [1.29, 1.82) is 0 Å². The van der Waals surface area contributed by atoms with Crippen LogP contribution in [0.2, 0.25) is 0 Å². The molecule has 4 heteroatoms. The van der Waals surface area contributed by atoms with Crippen LogP contribution in [0.3, 0.4) is 0 Å². The van der Waals surface area contributed by atoms with Gasteiger partial charge in [0.25, 0.3) is 0 Å². The van der Waals surface area contributed by atoms with Gasteiger partial charge in [0.2, 0.25) is 5.91 Å². The summed E-state index contributed by atoms with van der Waals surface area (Å²) in [4.78, 5) is 11.6. The maximum absolute atomic E-state index is 11.6. The number of carbonyl (C=O) groups is 1. The van der Waals surface area contributed by atoms with Crippen LogP contribution in [0.5, 0.6) is 0 Å². The first-order valence-electron chi connectivity index (χ1n) is 6.63. The third-order valence-electron chi connectivity index (χ3n) is 2.88. The maximum atomic E-state index is 11.6. The number of carbonyl (C=O) groups excluding carboxylic acids is 1. The smallest absolute Gasteiger partial charge is 0.237 e. The molecule has 0 aliphatic heterocycles. The molecular weight excluding hydrogens is 216 g/mol. The lowest BCUT2D eigenvalue weighted by Crippen LogP contribution is -2.44. The van der Waals surface area contributed by atoms with Crippen LogP contribution < -0.4 is 11.1 Å². The lowest BCUT2D eigenvalue weighted by atomic mass is 9.99. The molecule has 0 saturated carbocycles. The molecule has 0 spiro atoms. The van der Waals surface area contributed by atoms with E-state index in [-0.39, 0.29) is 24.0 Å². The van der Waals surface area contributed by atoms with Gasteiger partial charge in [-0.25, -0.2) is 0 Å². The van der Waals surface area contributed by atoms with Crippen molar-refractivity contribution in [3.05, 3.63) is 0 Å². The molecule has 0 bridgehead atoms. The van der Waals surface area contributed by atoms with Crippen LogP contribution >= 0.6 is 0 Å². The van der Waals surface area contributed by atoms with Crippen molar-refractivity contribution >= 4 is 5.91 Å². The molecule has 0 heterocycles. The highest BCUT2D eigenvalue weighted by atomic mass is 16.5. The molecule has 0 aromatic heterocycles. The predicted octanol–water partition coefficient (Wildman–Crippen LogP) is 1.68. The zero-order valence-electron chi connectivity index (χ0n) is 11.7. The van der Waals surface area contributed by atoms with E-state index < -0.39 is 0 Å². The zero-order chi connectivity index (χ0) is 13.3. The highest BCUT2D eigenvalue weighted by Crippen LogP contribution is 2.05. The van der Waals surface area contributed by atoms with Gasteiger partial charge >= 0.3 is 0 Å². The molecule has 0 aliphatic rings. The van der Waals surface area contributed by atoms with Gasteiger partial charge in [-0.2, -0.15) is 0 Å². The molecule has 4 nitrogen and oxygen atoms in total. The molecule has 0 radical (unpaired) electrons. The molecule has 0 aromatic rings. The monoisotopic (exact) mass is 244 g/mol. The number of hydrogen-bond donors (Lipinski definition) is 2. The molecule has 0 aromatic carbocycles. The molecule has 0 fully saturated rings. The van der Waals surface area contributed by atoms with Crippen LogP contribution in [-0.4, -0.2) is 31.2 Å². The van der Waals surface area contributed by atoms with E-state index in [2.05, 4.69) is 5.32 Å². The minimum atomic E-state index is -0.382. The van der Waals surface area contributed by atoms with Gasteiger partial charge in [-0.1, -0.05) is 20.3 Å². The van der Waals surface area contributed by atoms with Crippen LogP contribution in [0.1, 0.15) is 47.0 Å². The van der Waals surface area contributed by atoms with E-state index in [0.717, 1.165) is 25.9 Å². The number of amides is 1. The largest absolute Gasteiger partial charge is 0.379 e. The molecule has 0 rings (SSSR count). The first kappa shape index (κ1) is 16.4. The van der Waals surface area contributed by atoms with Gasteiger partial charge in [0.1, 0.15) is 0 Å². The van der Waals surface area contributed by atoms with Gasteiger partial charge in [-0.05, 0) is 32.6 Å². The second-order valence-corrected chi connectivity index (χ2v) is 4.83. The minimum absolute atomic E-state index is 0.0378. The summed E-state index contributed by atoms with van der Waals surface area (Å²) >= 11 is 0. The lowest BCUT2D eigenvalue weighted by Gasteiger charge is -2.17. The maximum Gasteiger partial charge on any atom is 0.237 e. The SMILES string of the molecule is CCC(C)C(N)C(=O)NCCCCOC(C)C. The molecule has 2 atom stereocenters. The van der Waals surface area contributed by atoms with Gasteiger partial charge < -0.3 is 15.8 Å². The Morgan fingerprint density at radius 2 is 1.94 bits per heavy atom. The summed E-state index contributed by atoms with van der Waals surface area (Å²) in [6.45, 7) is 9.52. The molecule has 0 saturated heterocycles. The Morgan fingerprint density at radius 3 is 2.47 bits per heavy atom. The molecular formula is C13H28N2O2. The van der Waals surface area contributed by atoms with Crippen molar-refractivity contribution in [2.75, 3.05) is 13.2 Å². The van der Waals surface area contributed by atoms with E-state index in [9.17, 15) is 4.79 Å². The molecule has 1 amide bonds. The second-order valence-electron chi connectivity index (χ2n) is 4.83. The highest BCUT2D eigenvalue weighted by Gasteiger charge is 2.18. The van der Waals surface area contributed by atoms with Gasteiger partial charge in [0.05, 0.1) is 12.1 Å². The summed E-state index contributed by atoms with van der Waals surface area (Å²) < 4.78 is 5.41. The van der Waals surface area contributed by atoms with Crippen molar-refractivity contribution in [2.45, 2.75) is 59.1 Å². The Morgan fingerprint density at radius 1 is 1.29 bits per heavy atom. The van der Waals surface area contributed by atoms with Crippen LogP contribution in [0, 0.1) is 5.92 Å². The number of ether oxygens (including phenoxy) is 1. The fraction of sp³-hybridized carbons (Fsp3) is 0.923. The Kier molecular flexibility index (Phi) is 9.09. The van der Waals surface area contributed by atoms with Crippen LogP contribution in [-0.2, 0) is 9.53 Å². The molecule has 17 heavy (non-hydrogen) atoms. The molecule has 2 unspecified atom stereocenters. The number of unbranched alkanes of at least 4 members (excludes halogenated alkanes) is 1. The minimum Gasteiger partial charge on any atom is -0.379 e. The van der Waals surface area contributed by atoms with Crippen molar-refractivity contribution in [3.8, 4) is 0 Å². The van der Waals surface area contributed by atoms with E-state index in [1.165, 1.54) is 0 Å². The van der Waals surface area contributed by atoms with Crippen molar-refractivity contribution in [3.63, 3.8) is 0 Å². The molecule has 3 N–H and O–H groups in total. The Balaban J connectivity index is 3.51. The first-order chi connectivity index (χ1) is 7.99. The average Bonchev–Trinajstić information content (AvgIpc) is 2.30. The third-order valence-corrected chi connectivity index (χ3v) is 2.88. The van der Waals surface area contributed by atoms with Crippen LogP contribution in [0.25, 0.3) is 0 Å². The van der Waals surface area contributed by atoms with Crippen LogP contribution in [0.15, 0.2) is 0 Å². The average molecular weight is 244 g/mol. The Labute approximate surface area is 105 Å². The molecule has 0 aliphatic carbocycles. The number of hydrogen-bond acceptors (Lipinski definition) is 3. The summed E-state index contributed by atoms with van der Waals surface area (Å²) in [5.74, 6) is 0.198. The van der Waals surface area contributed by atoms with Crippen molar-refractivity contribution < 1.29 is 9.53 Å². The third kappa shape index (κ3) is 8.16. The van der Waals surface area contributed by atoms with E-state index in [1.54, 1.807) is 0 Å². The summed E-state index contributed by atoms with van der Waals surface area (Å²) in [7, 11) is 0. The first-order valence-corrected chi connectivity index (χ1v) is 6.63. The summed E-state index contributed by atoms with van der Waals surface area (Å²) in [5.41, 5.74) is 5.82. The van der Waals surface area contributed by atoms with Gasteiger partial charge in [0, 0.05) is 13.2 Å². The fourth-order valence-electron chi connectivity index (χ4n) is 1.39. The summed E-state index contributed by atoms with van der Waals surface area (Å²) in [6, 6.07) is -0.382. The number of rotatable bonds is 9. The zero-order valence-corrected chi connectivity index (χ0v) is 11.7. The van der Waals surface area contributed by atoms with Gasteiger partial charge in [-0.15, -0.1) is 0 Å². The van der Waals surface area contributed by atoms with E-state index in [4.69, 9.17) is 10.5 Å². The summed E-state index contributed by atoms with van der Waals surface area (Å²) in [5, 5.41) is 2.87. The van der Waals surface area contributed by atoms with Crippen molar-refractivity contribution in [1.82, 2.24) is 5.32 Å². The van der Waals surface area contributed by atoms with E-state index >= 15 is 0 Å². The topological polar surface area (TPSA) is 64.4 Å². The van der Waals surface area contributed by atoms with E-state index in [0.29, 0.717) is 6.54 Å². The molecule has 102 valence electrons. The van der Waals surface area contributed by atoms with Crippen molar-refractivity contribution in [2.24, 2.45) is 11.7 Å². The quantitative estimate of drug-likeness (QED) is 0.607. The van der Waals surface area contributed by atoms with Crippen LogP contribution in [0.4, 0.5) is 0 Å². The van der Waals surface area contributed by atoms with Gasteiger partial charge in [-0.3, -0.25) is 4.79 Å². The van der Waals surface area contributed by atoms with E-state index in [1.807, 2.05) is 27.7 Å². The number of nitrogens with two attached hydrogens (primary N) is 1. The normalized spacial score (nSPS) is 14.7. The summed E-state index contributed by atoms with van der Waals surface area (Å²) in [6.07, 6.45) is 3.11. The standard InChI is InChI=1S/C13H28N2O2/c1-5-11(4)12(14)13(16)15-8-6-7-9-17-10(2)3/h10-12H,5-9,14H2,1-4H3,(H,15,16). The lowest BCUT2D eigenvalue weighted by molar-refractivity contribution is -0.123. The Hall–Kier alpha value is -0.610. The van der Waals surface area contributed by atoms with Gasteiger partial charge in [0.15, 0.2) is 0 Å².